The third kappa shape index (κ3) is 3.60. The molecule has 1 saturated heterocycles. The second-order valence-corrected chi connectivity index (χ2v) is 5.74. The molecule has 0 aromatic carbocycles. The largest absolute Gasteiger partial charge is 0.444 e. The standard InChI is InChI=1S/C12H21N3O2/c1-9-7-12(14,8-13)5-6-15(9)10(16)17-11(2,3)4/h9H,5-7,14H2,1-4H3. The number of carbonyl (C=O) groups is 1. The number of piperidine rings is 1. The van der Waals surface area contributed by atoms with E-state index in [9.17, 15) is 4.79 Å². The highest BCUT2D eigenvalue weighted by atomic mass is 16.6. The molecule has 2 N–H and O–H groups in total. The number of carbonyl (C=O) groups excluding carboxylic acids is 1. The van der Waals surface area contributed by atoms with Crippen molar-refractivity contribution in [1.29, 1.82) is 5.26 Å². The molecule has 17 heavy (non-hydrogen) atoms. The lowest BCUT2D eigenvalue weighted by Gasteiger charge is -2.40. The summed E-state index contributed by atoms with van der Waals surface area (Å²) in [4.78, 5) is 13.6. The molecule has 1 fully saturated rings. The Hall–Kier alpha value is -1.28. The van der Waals surface area contributed by atoms with Gasteiger partial charge in [-0.2, -0.15) is 5.26 Å². The predicted octanol–water partition coefficient (Wildman–Crippen LogP) is 1.63. The summed E-state index contributed by atoms with van der Waals surface area (Å²) < 4.78 is 5.31. The maximum atomic E-state index is 11.9. The molecule has 0 bridgehead atoms. The summed E-state index contributed by atoms with van der Waals surface area (Å²) >= 11 is 0. The van der Waals surface area contributed by atoms with Gasteiger partial charge >= 0.3 is 6.09 Å². The fraction of sp³-hybridized carbons (Fsp3) is 0.833. The molecule has 1 rings (SSSR count). The zero-order valence-corrected chi connectivity index (χ0v) is 11.0. The number of hydrogen-bond donors (Lipinski definition) is 1. The minimum Gasteiger partial charge on any atom is -0.444 e. The maximum Gasteiger partial charge on any atom is 0.410 e. The Bertz CT molecular complexity index is 343. The van der Waals surface area contributed by atoms with Gasteiger partial charge in [-0.1, -0.05) is 0 Å². The van der Waals surface area contributed by atoms with Gasteiger partial charge in [-0.05, 0) is 40.5 Å². The van der Waals surface area contributed by atoms with Gasteiger partial charge in [-0.15, -0.1) is 0 Å². The van der Waals surface area contributed by atoms with Crippen LogP contribution in [0, 0.1) is 11.3 Å². The normalized spacial score (nSPS) is 29.6. The van der Waals surface area contributed by atoms with Gasteiger partial charge in [0.2, 0.25) is 0 Å². The van der Waals surface area contributed by atoms with Crippen LogP contribution in [-0.2, 0) is 4.74 Å². The van der Waals surface area contributed by atoms with Gasteiger partial charge in [0.25, 0.3) is 0 Å². The van der Waals surface area contributed by atoms with Crippen molar-refractivity contribution in [3.8, 4) is 6.07 Å². The first kappa shape index (κ1) is 13.8. The molecule has 1 aliphatic heterocycles. The molecule has 0 spiro atoms. The van der Waals surface area contributed by atoms with Crippen LogP contribution in [0.3, 0.4) is 0 Å². The number of likely N-dealkylation sites (tertiary alicyclic amines) is 1. The van der Waals surface area contributed by atoms with Gasteiger partial charge in [-0.25, -0.2) is 4.79 Å². The summed E-state index contributed by atoms with van der Waals surface area (Å²) in [5.74, 6) is 0. The molecule has 0 radical (unpaired) electrons. The van der Waals surface area contributed by atoms with Crippen LogP contribution in [0.5, 0.6) is 0 Å². The molecule has 5 heteroatoms. The van der Waals surface area contributed by atoms with Gasteiger partial charge < -0.3 is 15.4 Å². The van der Waals surface area contributed by atoms with E-state index in [1.807, 2.05) is 27.7 Å². The zero-order chi connectivity index (χ0) is 13.3. The van der Waals surface area contributed by atoms with Crippen LogP contribution >= 0.6 is 0 Å². The minimum absolute atomic E-state index is 0.0664. The smallest absolute Gasteiger partial charge is 0.410 e. The van der Waals surface area contributed by atoms with E-state index in [0.29, 0.717) is 19.4 Å². The first-order chi connectivity index (χ1) is 7.67. The van der Waals surface area contributed by atoms with Gasteiger partial charge in [-0.3, -0.25) is 0 Å². The van der Waals surface area contributed by atoms with E-state index in [4.69, 9.17) is 15.7 Å². The number of nitrogens with two attached hydrogens (primary N) is 1. The van der Waals surface area contributed by atoms with E-state index in [2.05, 4.69) is 6.07 Å². The number of nitriles is 1. The minimum atomic E-state index is -0.808. The molecular weight excluding hydrogens is 218 g/mol. The van der Waals surface area contributed by atoms with Crippen LogP contribution in [0.15, 0.2) is 0 Å². The summed E-state index contributed by atoms with van der Waals surface area (Å²) in [6.07, 6.45) is 0.653. The predicted molar refractivity (Wildman–Crippen MR) is 64.2 cm³/mol. The number of ether oxygens (including phenoxy) is 1. The molecule has 1 heterocycles. The van der Waals surface area contributed by atoms with Gasteiger partial charge in [0.15, 0.2) is 0 Å². The molecule has 96 valence electrons. The fourth-order valence-corrected chi connectivity index (χ4v) is 1.97. The molecule has 0 aliphatic carbocycles. The SMILES string of the molecule is CC1CC(N)(C#N)CCN1C(=O)OC(C)(C)C. The van der Waals surface area contributed by atoms with E-state index in [-0.39, 0.29) is 12.1 Å². The highest BCUT2D eigenvalue weighted by Crippen LogP contribution is 2.25. The lowest BCUT2D eigenvalue weighted by Crippen LogP contribution is -2.55. The van der Waals surface area contributed by atoms with Crippen LogP contribution < -0.4 is 5.73 Å². The second-order valence-electron chi connectivity index (χ2n) is 5.74. The van der Waals surface area contributed by atoms with Crippen molar-refractivity contribution in [2.24, 2.45) is 5.73 Å². The van der Waals surface area contributed by atoms with E-state index in [0.717, 1.165) is 0 Å². The van der Waals surface area contributed by atoms with Crippen LogP contribution in [0.1, 0.15) is 40.5 Å². The number of rotatable bonds is 0. The third-order valence-electron chi connectivity index (χ3n) is 2.84. The highest BCUT2D eigenvalue weighted by Gasteiger charge is 2.38. The average molecular weight is 239 g/mol. The molecule has 2 atom stereocenters. The summed E-state index contributed by atoms with van der Waals surface area (Å²) in [5.41, 5.74) is 4.59. The maximum absolute atomic E-state index is 11.9. The summed E-state index contributed by atoms with van der Waals surface area (Å²) in [6, 6.07) is 2.05. The number of hydrogen-bond acceptors (Lipinski definition) is 4. The van der Waals surface area contributed by atoms with Crippen LogP contribution in [0.2, 0.25) is 0 Å². The van der Waals surface area contributed by atoms with Gasteiger partial charge in [0.05, 0.1) is 6.07 Å². The molecule has 1 aliphatic rings. The van der Waals surface area contributed by atoms with Crippen molar-refractivity contribution in [3.05, 3.63) is 0 Å². The van der Waals surface area contributed by atoms with E-state index < -0.39 is 11.1 Å². The Kier molecular flexibility index (Phi) is 3.68. The lowest BCUT2D eigenvalue weighted by molar-refractivity contribution is 0.00791. The number of nitrogens with zero attached hydrogens (tertiary/aromatic N) is 2. The molecule has 0 aromatic heterocycles. The van der Waals surface area contributed by atoms with Crippen LogP contribution in [-0.4, -0.2) is 34.7 Å². The van der Waals surface area contributed by atoms with Crippen molar-refractivity contribution in [2.75, 3.05) is 6.54 Å². The molecule has 5 nitrogen and oxygen atoms in total. The van der Waals surface area contributed by atoms with E-state index >= 15 is 0 Å². The average Bonchev–Trinajstić information content (AvgIpc) is 2.14. The van der Waals surface area contributed by atoms with E-state index in [1.54, 1.807) is 4.90 Å². The van der Waals surface area contributed by atoms with Crippen LogP contribution in [0.4, 0.5) is 4.79 Å². The third-order valence-corrected chi connectivity index (χ3v) is 2.84. The lowest BCUT2D eigenvalue weighted by atomic mass is 9.86. The Morgan fingerprint density at radius 3 is 2.59 bits per heavy atom. The molecule has 0 aromatic rings. The summed E-state index contributed by atoms with van der Waals surface area (Å²) in [7, 11) is 0. The Labute approximate surface area is 103 Å². The monoisotopic (exact) mass is 239 g/mol. The quantitative estimate of drug-likeness (QED) is 0.696. The number of amides is 1. The first-order valence-corrected chi connectivity index (χ1v) is 5.87. The van der Waals surface area contributed by atoms with Gasteiger partial charge in [0, 0.05) is 12.6 Å². The van der Waals surface area contributed by atoms with Crippen molar-refractivity contribution >= 4 is 6.09 Å². The van der Waals surface area contributed by atoms with E-state index in [1.165, 1.54) is 0 Å². The van der Waals surface area contributed by atoms with Crippen molar-refractivity contribution in [3.63, 3.8) is 0 Å². The van der Waals surface area contributed by atoms with Crippen molar-refractivity contribution in [2.45, 2.75) is 57.7 Å². The molecule has 0 saturated carbocycles. The second kappa shape index (κ2) is 4.53. The molecular formula is C12H21N3O2. The van der Waals surface area contributed by atoms with Crippen molar-refractivity contribution in [1.82, 2.24) is 4.90 Å². The Morgan fingerprint density at radius 2 is 2.18 bits per heavy atom. The summed E-state index contributed by atoms with van der Waals surface area (Å²) in [5, 5.41) is 8.97. The first-order valence-electron chi connectivity index (χ1n) is 5.87. The topological polar surface area (TPSA) is 79.4 Å². The molecule has 2 unspecified atom stereocenters. The van der Waals surface area contributed by atoms with Crippen molar-refractivity contribution < 1.29 is 9.53 Å². The molecule has 1 amide bonds. The highest BCUT2D eigenvalue weighted by molar-refractivity contribution is 5.68. The summed E-state index contributed by atoms with van der Waals surface area (Å²) in [6.45, 7) is 7.87. The van der Waals surface area contributed by atoms with Crippen LogP contribution in [0.25, 0.3) is 0 Å². The Morgan fingerprint density at radius 1 is 1.59 bits per heavy atom. The zero-order valence-electron chi connectivity index (χ0n) is 11.0. The van der Waals surface area contributed by atoms with Gasteiger partial charge in [0.1, 0.15) is 11.1 Å². The fourth-order valence-electron chi connectivity index (χ4n) is 1.97. The Balaban J connectivity index is 2.65.